The molecule has 2 fully saturated rings. The summed E-state index contributed by atoms with van der Waals surface area (Å²) in [6.45, 7) is 1.43. The fraction of sp³-hybridized carbons (Fsp3) is 0.444. The molecule has 0 spiro atoms. The van der Waals surface area contributed by atoms with Gasteiger partial charge in [-0.05, 0) is 42.9 Å². The Labute approximate surface area is 149 Å². The molecule has 7 heteroatoms. The van der Waals surface area contributed by atoms with Crippen LogP contribution in [0.2, 0.25) is 5.15 Å². The minimum Gasteiger partial charge on any atom is -0.478 e. The lowest BCUT2D eigenvalue weighted by molar-refractivity contribution is 0.0689. The second-order valence-electron chi connectivity index (χ2n) is 7.54. The third-order valence-electron chi connectivity index (χ3n) is 6.26. The van der Waals surface area contributed by atoms with Crippen LogP contribution in [0.4, 0.5) is 0 Å². The minimum absolute atomic E-state index is 0.311. The zero-order valence-electron chi connectivity index (χ0n) is 13.7. The monoisotopic (exact) mass is 358 g/mol. The first-order valence-corrected chi connectivity index (χ1v) is 8.96. The highest BCUT2D eigenvalue weighted by Crippen LogP contribution is 2.53. The van der Waals surface area contributed by atoms with Gasteiger partial charge in [0.25, 0.3) is 0 Å². The maximum absolute atomic E-state index is 12.1. The van der Waals surface area contributed by atoms with E-state index in [0.29, 0.717) is 30.2 Å². The molecule has 5 rings (SSSR count). The van der Waals surface area contributed by atoms with Crippen LogP contribution in [-0.2, 0) is 18.3 Å². The van der Waals surface area contributed by atoms with Gasteiger partial charge < -0.3 is 21.1 Å². The van der Waals surface area contributed by atoms with Gasteiger partial charge in [0.15, 0.2) is 0 Å². The minimum atomic E-state index is -0.883. The Kier molecular flexibility index (Phi) is 2.98. The SMILES string of the molecule is NC1(C2(c3[nH]c4c(c3C(=O)O)CCc3cnc(Cl)cc3-4)CNC2)CC1. The molecule has 1 saturated heterocycles. The lowest BCUT2D eigenvalue weighted by atomic mass is 9.69. The van der Waals surface area contributed by atoms with Crippen molar-refractivity contribution in [1.82, 2.24) is 15.3 Å². The van der Waals surface area contributed by atoms with E-state index in [9.17, 15) is 9.90 Å². The van der Waals surface area contributed by atoms with Gasteiger partial charge in [-0.2, -0.15) is 0 Å². The smallest absolute Gasteiger partial charge is 0.337 e. The van der Waals surface area contributed by atoms with E-state index in [2.05, 4.69) is 15.3 Å². The summed E-state index contributed by atoms with van der Waals surface area (Å²) in [5.41, 5.74) is 10.9. The number of aromatic amines is 1. The molecule has 0 amide bonds. The van der Waals surface area contributed by atoms with Gasteiger partial charge in [-0.25, -0.2) is 9.78 Å². The summed E-state index contributed by atoms with van der Waals surface area (Å²) in [5, 5.41) is 13.7. The van der Waals surface area contributed by atoms with Crippen molar-refractivity contribution in [2.75, 3.05) is 13.1 Å². The Morgan fingerprint density at radius 3 is 2.68 bits per heavy atom. The number of pyridine rings is 1. The van der Waals surface area contributed by atoms with E-state index in [-0.39, 0.29) is 11.0 Å². The number of halogens is 1. The first-order chi connectivity index (χ1) is 12.0. The number of rotatable bonds is 3. The number of nitrogens with two attached hydrogens (primary N) is 1. The lowest BCUT2D eigenvalue weighted by Crippen LogP contribution is -2.67. The number of aromatic nitrogens is 2. The second-order valence-corrected chi connectivity index (χ2v) is 7.93. The van der Waals surface area contributed by atoms with Crippen LogP contribution in [0.1, 0.15) is 40.0 Å². The van der Waals surface area contributed by atoms with Crippen LogP contribution in [-0.4, -0.2) is 39.7 Å². The molecule has 2 aromatic heterocycles. The standard InChI is InChI=1S/C18H19ClN4O2/c19-12-5-11-9(6-22-12)1-2-10-13(16(24)25)15(23-14(10)11)17(7-21-8-17)18(20)3-4-18/h5-6,21,23H,1-4,7-8,20H2,(H,24,25). The van der Waals surface area contributed by atoms with E-state index in [1.807, 2.05) is 6.07 Å². The Hall–Kier alpha value is -1.89. The second kappa shape index (κ2) is 4.84. The third kappa shape index (κ3) is 1.93. The van der Waals surface area contributed by atoms with Crippen molar-refractivity contribution in [2.24, 2.45) is 5.73 Å². The van der Waals surface area contributed by atoms with Crippen molar-refractivity contribution in [1.29, 1.82) is 0 Å². The highest BCUT2D eigenvalue weighted by atomic mass is 35.5. The predicted molar refractivity (Wildman–Crippen MR) is 94.1 cm³/mol. The van der Waals surface area contributed by atoms with Crippen LogP contribution < -0.4 is 11.1 Å². The quantitative estimate of drug-likeness (QED) is 0.627. The highest BCUT2D eigenvalue weighted by molar-refractivity contribution is 6.29. The molecule has 0 aromatic carbocycles. The summed E-state index contributed by atoms with van der Waals surface area (Å²) in [4.78, 5) is 19.8. The molecule has 5 N–H and O–H groups in total. The Bertz CT molecular complexity index is 912. The summed E-state index contributed by atoms with van der Waals surface area (Å²) >= 11 is 6.09. The Balaban J connectivity index is 1.76. The number of hydrogen-bond donors (Lipinski definition) is 4. The van der Waals surface area contributed by atoms with Crippen LogP contribution in [0.3, 0.4) is 0 Å². The summed E-state index contributed by atoms with van der Waals surface area (Å²) in [5.74, 6) is -0.883. The van der Waals surface area contributed by atoms with Gasteiger partial charge in [0.1, 0.15) is 5.15 Å². The van der Waals surface area contributed by atoms with Crippen molar-refractivity contribution >= 4 is 17.6 Å². The van der Waals surface area contributed by atoms with Gasteiger partial charge in [-0.3, -0.25) is 0 Å². The molecule has 0 unspecified atom stereocenters. The number of aryl methyl sites for hydroxylation is 1. The number of nitrogens with zero attached hydrogens (tertiary/aromatic N) is 1. The molecule has 6 nitrogen and oxygen atoms in total. The Morgan fingerprint density at radius 2 is 2.08 bits per heavy atom. The molecule has 0 atom stereocenters. The van der Waals surface area contributed by atoms with E-state index in [0.717, 1.165) is 47.3 Å². The normalized spacial score (nSPS) is 21.8. The summed E-state index contributed by atoms with van der Waals surface area (Å²) < 4.78 is 0. The van der Waals surface area contributed by atoms with Gasteiger partial charge in [0.2, 0.25) is 0 Å². The number of carboxylic acids is 1. The van der Waals surface area contributed by atoms with E-state index in [4.69, 9.17) is 17.3 Å². The molecule has 1 saturated carbocycles. The van der Waals surface area contributed by atoms with Crippen LogP contribution >= 0.6 is 11.6 Å². The zero-order valence-corrected chi connectivity index (χ0v) is 14.4. The van der Waals surface area contributed by atoms with Gasteiger partial charge >= 0.3 is 5.97 Å². The van der Waals surface area contributed by atoms with Crippen LogP contribution in [0.15, 0.2) is 12.3 Å². The molecular weight excluding hydrogens is 340 g/mol. The Morgan fingerprint density at radius 1 is 1.32 bits per heavy atom. The van der Waals surface area contributed by atoms with Crippen molar-refractivity contribution in [3.8, 4) is 11.3 Å². The van der Waals surface area contributed by atoms with Crippen LogP contribution in [0.25, 0.3) is 11.3 Å². The average molecular weight is 359 g/mol. The summed E-state index contributed by atoms with van der Waals surface area (Å²) in [6, 6.07) is 1.82. The van der Waals surface area contributed by atoms with Gasteiger partial charge in [0, 0.05) is 36.1 Å². The molecule has 3 aliphatic rings. The highest BCUT2D eigenvalue weighted by Gasteiger charge is 2.62. The van der Waals surface area contributed by atoms with Crippen LogP contribution in [0.5, 0.6) is 0 Å². The zero-order chi connectivity index (χ0) is 17.4. The number of carbonyl (C=O) groups is 1. The number of hydrogen-bond acceptors (Lipinski definition) is 4. The fourth-order valence-electron chi connectivity index (χ4n) is 4.53. The molecular formula is C18H19ClN4O2. The molecule has 2 aromatic rings. The maximum Gasteiger partial charge on any atom is 0.337 e. The first-order valence-electron chi connectivity index (χ1n) is 8.58. The van der Waals surface area contributed by atoms with E-state index in [1.165, 1.54) is 0 Å². The van der Waals surface area contributed by atoms with Crippen LogP contribution in [0, 0.1) is 0 Å². The van der Waals surface area contributed by atoms with E-state index >= 15 is 0 Å². The third-order valence-corrected chi connectivity index (χ3v) is 6.46. The number of aromatic carboxylic acids is 1. The lowest BCUT2D eigenvalue weighted by Gasteiger charge is -2.47. The number of fused-ring (bicyclic) bond motifs is 3. The maximum atomic E-state index is 12.1. The molecule has 0 bridgehead atoms. The van der Waals surface area contributed by atoms with Gasteiger partial charge in [-0.15, -0.1) is 0 Å². The molecule has 1 aliphatic heterocycles. The molecule has 25 heavy (non-hydrogen) atoms. The predicted octanol–water partition coefficient (Wildman–Crippen LogP) is 1.86. The number of carboxylic acid groups (broad SMARTS) is 1. The van der Waals surface area contributed by atoms with Gasteiger partial charge in [0.05, 0.1) is 16.7 Å². The molecule has 3 heterocycles. The van der Waals surface area contributed by atoms with E-state index < -0.39 is 5.97 Å². The molecule has 2 aliphatic carbocycles. The van der Waals surface area contributed by atoms with Crippen molar-refractivity contribution in [3.05, 3.63) is 39.8 Å². The number of H-pyrrole nitrogens is 1. The topological polar surface area (TPSA) is 104 Å². The van der Waals surface area contributed by atoms with Crippen molar-refractivity contribution in [3.63, 3.8) is 0 Å². The fourth-order valence-corrected chi connectivity index (χ4v) is 4.69. The summed E-state index contributed by atoms with van der Waals surface area (Å²) in [6.07, 6.45) is 5.11. The van der Waals surface area contributed by atoms with Gasteiger partial charge in [-0.1, -0.05) is 11.6 Å². The first kappa shape index (κ1) is 15.4. The molecule has 0 radical (unpaired) electrons. The number of nitrogens with one attached hydrogen (secondary N) is 2. The largest absolute Gasteiger partial charge is 0.478 e. The van der Waals surface area contributed by atoms with Crippen molar-refractivity contribution in [2.45, 2.75) is 36.6 Å². The average Bonchev–Trinajstić information content (AvgIpc) is 3.14. The summed E-state index contributed by atoms with van der Waals surface area (Å²) in [7, 11) is 0. The van der Waals surface area contributed by atoms with Crippen molar-refractivity contribution < 1.29 is 9.90 Å². The molecule has 130 valence electrons. The van der Waals surface area contributed by atoms with E-state index in [1.54, 1.807) is 6.20 Å².